The van der Waals surface area contributed by atoms with E-state index in [1.165, 1.54) is 14.2 Å². The number of halogens is 1. The molecule has 0 aromatic heterocycles. The zero-order chi connectivity index (χ0) is 21.1. The summed E-state index contributed by atoms with van der Waals surface area (Å²) in [5, 5.41) is 2.67. The maximum Gasteiger partial charge on any atom is 0.408 e. The van der Waals surface area contributed by atoms with Crippen LogP contribution in [0.5, 0.6) is 5.75 Å². The summed E-state index contributed by atoms with van der Waals surface area (Å²) in [5.41, 5.74) is -1.07. The minimum atomic E-state index is -1.30. The lowest BCUT2D eigenvalue weighted by molar-refractivity contribution is -0.147. The molecule has 154 valence electrons. The fourth-order valence-corrected chi connectivity index (χ4v) is 3.59. The lowest BCUT2D eigenvalue weighted by Crippen LogP contribution is -2.57. The molecule has 1 heterocycles. The Kier molecular flexibility index (Phi) is 6.59. The number of methoxy groups -OCH3 is 2. The Labute approximate surface area is 172 Å². The molecular formula is C19H25BrN2O6. The van der Waals surface area contributed by atoms with Gasteiger partial charge in [-0.05, 0) is 48.8 Å². The third kappa shape index (κ3) is 4.57. The zero-order valence-electron chi connectivity index (χ0n) is 16.6. The summed E-state index contributed by atoms with van der Waals surface area (Å²) >= 11 is 3.37. The Morgan fingerprint density at radius 3 is 2.50 bits per heavy atom. The second-order valence-electron chi connectivity index (χ2n) is 7.50. The van der Waals surface area contributed by atoms with Crippen LogP contribution in [0.3, 0.4) is 0 Å². The third-order valence-electron chi connectivity index (χ3n) is 4.37. The number of rotatable bonds is 5. The number of hydrogen-bond acceptors (Lipinski definition) is 7. The minimum absolute atomic E-state index is 0.104. The number of anilines is 1. The molecule has 8 nitrogen and oxygen atoms in total. The monoisotopic (exact) mass is 456 g/mol. The average Bonchev–Trinajstić information content (AvgIpc) is 3.03. The number of aldehydes is 1. The summed E-state index contributed by atoms with van der Waals surface area (Å²) in [4.78, 5) is 38.4. The fourth-order valence-electron chi connectivity index (χ4n) is 3.18. The van der Waals surface area contributed by atoms with Crippen LogP contribution in [-0.4, -0.2) is 56.8 Å². The summed E-state index contributed by atoms with van der Waals surface area (Å²) in [6, 6.07) is 3.44. The SMILES string of the molecule is COC(=O)C1(NC(=O)OC(C)(C)C)CCN(c2c(OC)ccc(Br)c2C=O)C1. The summed E-state index contributed by atoms with van der Waals surface area (Å²) in [6.45, 7) is 5.72. The molecule has 28 heavy (non-hydrogen) atoms. The molecule has 1 aromatic carbocycles. The number of carbonyl (C=O) groups is 3. The maximum atomic E-state index is 12.6. The van der Waals surface area contributed by atoms with Crippen LogP contribution in [0.4, 0.5) is 10.5 Å². The van der Waals surface area contributed by atoms with Gasteiger partial charge in [-0.15, -0.1) is 0 Å². The Hall–Kier alpha value is -2.29. The minimum Gasteiger partial charge on any atom is -0.495 e. The highest BCUT2D eigenvalue weighted by atomic mass is 79.9. The van der Waals surface area contributed by atoms with Crippen molar-refractivity contribution in [2.45, 2.75) is 38.3 Å². The Morgan fingerprint density at radius 1 is 1.29 bits per heavy atom. The number of alkyl carbamates (subject to hydrolysis) is 1. The van der Waals surface area contributed by atoms with Crippen LogP contribution < -0.4 is 15.0 Å². The number of benzene rings is 1. The number of carbonyl (C=O) groups excluding carboxylic acids is 3. The van der Waals surface area contributed by atoms with Gasteiger partial charge in [0.15, 0.2) is 11.8 Å². The molecule has 1 fully saturated rings. The first-order valence-corrected chi connectivity index (χ1v) is 9.52. The molecule has 1 N–H and O–H groups in total. The summed E-state index contributed by atoms with van der Waals surface area (Å²) in [7, 11) is 2.77. The van der Waals surface area contributed by atoms with E-state index < -0.39 is 23.2 Å². The highest BCUT2D eigenvalue weighted by molar-refractivity contribution is 9.10. The molecule has 0 bridgehead atoms. The van der Waals surface area contributed by atoms with E-state index in [9.17, 15) is 14.4 Å². The summed E-state index contributed by atoms with van der Waals surface area (Å²) < 4.78 is 16.3. The van der Waals surface area contributed by atoms with E-state index in [2.05, 4.69) is 21.2 Å². The molecule has 1 unspecified atom stereocenters. The quantitative estimate of drug-likeness (QED) is 0.537. The number of ether oxygens (including phenoxy) is 3. The lowest BCUT2D eigenvalue weighted by atomic mass is 9.99. The van der Waals surface area contributed by atoms with Crippen molar-refractivity contribution in [3.05, 3.63) is 22.2 Å². The van der Waals surface area contributed by atoms with Crippen molar-refractivity contribution in [1.82, 2.24) is 5.32 Å². The number of nitrogens with one attached hydrogen (secondary N) is 1. The first-order valence-electron chi connectivity index (χ1n) is 8.73. The van der Waals surface area contributed by atoms with Gasteiger partial charge in [0.2, 0.25) is 0 Å². The molecule has 0 aliphatic carbocycles. The van der Waals surface area contributed by atoms with Crippen LogP contribution >= 0.6 is 15.9 Å². The van der Waals surface area contributed by atoms with Crippen molar-refractivity contribution >= 4 is 40.0 Å². The number of nitrogens with zero attached hydrogens (tertiary/aromatic N) is 1. The summed E-state index contributed by atoms with van der Waals surface area (Å²) in [5.74, 6) is -0.0919. The van der Waals surface area contributed by atoms with E-state index in [-0.39, 0.29) is 13.0 Å². The predicted molar refractivity (Wildman–Crippen MR) is 107 cm³/mol. The van der Waals surface area contributed by atoms with Gasteiger partial charge in [-0.3, -0.25) is 4.79 Å². The molecule has 1 saturated heterocycles. The Bertz CT molecular complexity index is 776. The van der Waals surface area contributed by atoms with Gasteiger partial charge in [-0.2, -0.15) is 0 Å². The topological polar surface area (TPSA) is 94.2 Å². The van der Waals surface area contributed by atoms with Crippen molar-refractivity contribution in [3.63, 3.8) is 0 Å². The third-order valence-corrected chi connectivity index (χ3v) is 5.06. The van der Waals surface area contributed by atoms with Gasteiger partial charge in [-0.25, -0.2) is 9.59 Å². The van der Waals surface area contributed by atoms with Crippen molar-refractivity contribution in [1.29, 1.82) is 0 Å². The van der Waals surface area contributed by atoms with Gasteiger partial charge in [0, 0.05) is 17.4 Å². The van der Waals surface area contributed by atoms with Gasteiger partial charge in [0.05, 0.1) is 32.0 Å². The van der Waals surface area contributed by atoms with Crippen LogP contribution in [0.1, 0.15) is 37.6 Å². The van der Waals surface area contributed by atoms with Crippen molar-refractivity contribution in [3.8, 4) is 5.75 Å². The summed E-state index contributed by atoms with van der Waals surface area (Å²) in [6.07, 6.45) is 0.297. The van der Waals surface area contributed by atoms with Crippen LogP contribution in [0, 0.1) is 0 Å². The highest BCUT2D eigenvalue weighted by Gasteiger charge is 2.48. The normalized spacial score (nSPS) is 19.1. The molecule has 0 spiro atoms. The molecule has 9 heteroatoms. The van der Waals surface area contributed by atoms with Crippen molar-refractivity contribution in [2.75, 3.05) is 32.2 Å². The van der Waals surface area contributed by atoms with Crippen molar-refractivity contribution < 1.29 is 28.6 Å². The van der Waals surface area contributed by atoms with E-state index in [1.807, 2.05) is 4.90 Å². The van der Waals surface area contributed by atoms with Gasteiger partial charge < -0.3 is 24.4 Å². The molecule has 1 atom stereocenters. The molecule has 1 aliphatic rings. The van der Waals surface area contributed by atoms with E-state index in [0.717, 1.165) is 6.29 Å². The second kappa shape index (κ2) is 8.38. The largest absolute Gasteiger partial charge is 0.495 e. The van der Waals surface area contributed by atoms with Crippen LogP contribution in [0.25, 0.3) is 0 Å². The zero-order valence-corrected chi connectivity index (χ0v) is 18.2. The van der Waals surface area contributed by atoms with Crippen LogP contribution in [0.15, 0.2) is 16.6 Å². The molecule has 0 saturated carbocycles. The van der Waals surface area contributed by atoms with Crippen LogP contribution in [0.2, 0.25) is 0 Å². The first kappa shape index (κ1) is 22.0. The second-order valence-corrected chi connectivity index (χ2v) is 8.36. The number of hydrogen-bond donors (Lipinski definition) is 1. The van der Waals surface area contributed by atoms with Gasteiger partial charge in [-0.1, -0.05) is 0 Å². The van der Waals surface area contributed by atoms with Crippen LogP contribution in [-0.2, 0) is 14.3 Å². The Morgan fingerprint density at radius 2 is 1.96 bits per heavy atom. The lowest BCUT2D eigenvalue weighted by Gasteiger charge is -2.30. The van der Waals surface area contributed by atoms with Gasteiger partial charge in [0.1, 0.15) is 11.4 Å². The number of esters is 1. The first-order chi connectivity index (χ1) is 13.1. The van der Waals surface area contributed by atoms with Crippen molar-refractivity contribution in [2.24, 2.45) is 0 Å². The molecule has 2 rings (SSSR count). The highest BCUT2D eigenvalue weighted by Crippen LogP contribution is 2.39. The number of amides is 1. The maximum absolute atomic E-state index is 12.6. The van der Waals surface area contributed by atoms with E-state index in [1.54, 1.807) is 32.9 Å². The van der Waals surface area contributed by atoms with Gasteiger partial charge in [0.25, 0.3) is 0 Å². The standard InChI is InChI=1S/C19H25BrN2O6/c1-18(2,3)28-17(25)21-19(16(24)27-5)8-9-22(11-19)15-12(10-23)13(20)6-7-14(15)26-4/h6-7,10H,8-9,11H2,1-5H3,(H,21,25). The molecule has 0 radical (unpaired) electrons. The van der Waals surface area contributed by atoms with E-state index in [0.29, 0.717) is 28.0 Å². The fraction of sp³-hybridized carbons (Fsp3) is 0.526. The smallest absolute Gasteiger partial charge is 0.408 e. The Balaban J connectivity index is 2.38. The average molecular weight is 457 g/mol. The van der Waals surface area contributed by atoms with E-state index in [4.69, 9.17) is 14.2 Å². The molecule has 1 aliphatic heterocycles. The van der Waals surface area contributed by atoms with Gasteiger partial charge >= 0.3 is 12.1 Å². The molecular weight excluding hydrogens is 432 g/mol. The molecule has 1 amide bonds. The molecule has 1 aromatic rings. The predicted octanol–water partition coefficient (Wildman–Crippen LogP) is 2.92. The van der Waals surface area contributed by atoms with E-state index >= 15 is 0 Å².